The molecule has 110 valence electrons. The number of hydrogen-bond acceptors (Lipinski definition) is 5. The van der Waals surface area contributed by atoms with Gasteiger partial charge in [-0.25, -0.2) is 4.79 Å². The van der Waals surface area contributed by atoms with Crippen LogP contribution < -0.4 is 15.2 Å². The van der Waals surface area contributed by atoms with E-state index < -0.39 is 11.5 Å². The summed E-state index contributed by atoms with van der Waals surface area (Å²) in [5.74, 6) is 1.19. The molecule has 0 spiro atoms. The highest BCUT2D eigenvalue weighted by Crippen LogP contribution is 2.39. The van der Waals surface area contributed by atoms with Crippen LogP contribution in [-0.2, 0) is 9.53 Å². The van der Waals surface area contributed by atoms with Gasteiger partial charge in [-0.05, 0) is 49.9 Å². The van der Waals surface area contributed by atoms with E-state index in [1.165, 1.54) is 7.11 Å². The van der Waals surface area contributed by atoms with E-state index >= 15 is 0 Å². The quantitative estimate of drug-likeness (QED) is 0.770. The monoisotopic (exact) mass is 279 g/mol. The molecule has 1 fully saturated rings. The molecule has 5 nitrogen and oxygen atoms in total. The van der Waals surface area contributed by atoms with Crippen molar-refractivity contribution in [3.05, 3.63) is 24.3 Å². The highest BCUT2D eigenvalue weighted by molar-refractivity contribution is 5.81. The van der Waals surface area contributed by atoms with Crippen LogP contribution in [0.1, 0.15) is 19.8 Å². The Morgan fingerprint density at radius 3 is 2.25 bits per heavy atom. The third-order valence-electron chi connectivity index (χ3n) is 3.48. The smallest absolute Gasteiger partial charge is 0.329 e. The first-order valence-electron chi connectivity index (χ1n) is 6.83. The molecule has 2 rings (SSSR count). The number of hydrogen-bond donors (Lipinski definition) is 1. The summed E-state index contributed by atoms with van der Waals surface area (Å²) in [7, 11) is 1.35. The summed E-state index contributed by atoms with van der Waals surface area (Å²) < 4.78 is 15.8. The number of methoxy groups -OCH3 is 1. The van der Waals surface area contributed by atoms with Gasteiger partial charge in [0.05, 0.1) is 13.7 Å². The Balaban J connectivity index is 1.97. The van der Waals surface area contributed by atoms with Crippen LogP contribution in [0.15, 0.2) is 24.3 Å². The molecule has 20 heavy (non-hydrogen) atoms. The summed E-state index contributed by atoms with van der Waals surface area (Å²) in [6, 6.07) is 7.25. The Morgan fingerprint density at radius 2 is 1.80 bits per heavy atom. The summed E-state index contributed by atoms with van der Waals surface area (Å²) in [4.78, 5) is 11.8. The van der Waals surface area contributed by atoms with E-state index in [0.717, 1.165) is 18.6 Å². The number of esters is 1. The molecule has 1 aliphatic rings. The lowest BCUT2D eigenvalue weighted by molar-refractivity contribution is -0.149. The summed E-state index contributed by atoms with van der Waals surface area (Å²) in [5, 5.41) is 0. The Hall–Kier alpha value is -1.75. The maximum atomic E-state index is 11.8. The minimum absolute atomic E-state index is 0.123. The molecule has 0 aliphatic heterocycles. The number of carbonyl (C=O) groups is 1. The van der Waals surface area contributed by atoms with Gasteiger partial charge in [0, 0.05) is 0 Å². The van der Waals surface area contributed by atoms with Gasteiger partial charge in [0.15, 0.2) is 5.54 Å². The van der Waals surface area contributed by atoms with Crippen molar-refractivity contribution in [3.63, 3.8) is 0 Å². The van der Waals surface area contributed by atoms with Gasteiger partial charge in [0.2, 0.25) is 0 Å². The van der Waals surface area contributed by atoms with E-state index in [2.05, 4.69) is 0 Å². The van der Waals surface area contributed by atoms with E-state index in [4.69, 9.17) is 19.9 Å². The maximum Gasteiger partial charge on any atom is 0.329 e. The number of nitrogens with two attached hydrogens (primary N) is 1. The van der Waals surface area contributed by atoms with E-state index in [1.807, 2.05) is 19.1 Å². The predicted octanol–water partition coefficient (Wildman–Crippen LogP) is 1.74. The molecular formula is C15H21NO4. The van der Waals surface area contributed by atoms with Crippen molar-refractivity contribution in [3.8, 4) is 11.5 Å². The Kier molecular flexibility index (Phi) is 4.49. The minimum atomic E-state index is -1.05. The van der Waals surface area contributed by atoms with Gasteiger partial charge in [-0.3, -0.25) is 0 Å². The second-order valence-corrected chi connectivity index (χ2v) is 5.00. The van der Waals surface area contributed by atoms with Crippen molar-refractivity contribution in [1.82, 2.24) is 0 Å². The average Bonchev–Trinajstić information content (AvgIpc) is 3.30. The SMILES string of the molecule is CCOc1ccc(OCC(N)(C(=O)OC)C2CC2)cc1. The minimum Gasteiger partial charge on any atom is -0.494 e. The lowest BCUT2D eigenvalue weighted by atomic mass is 9.96. The number of rotatable bonds is 7. The van der Waals surface area contributed by atoms with Crippen LogP contribution in [0.5, 0.6) is 11.5 Å². The van der Waals surface area contributed by atoms with Crippen LogP contribution in [0.2, 0.25) is 0 Å². The standard InChI is InChI=1S/C15H21NO4/c1-3-19-12-6-8-13(9-7-12)20-10-15(16,11-4-5-11)14(17)18-2/h6-9,11H,3-5,10,16H2,1-2H3. The second kappa shape index (κ2) is 6.13. The van der Waals surface area contributed by atoms with Crippen molar-refractivity contribution in [2.75, 3.05) is 20.3 Å². The van der Waals surface area contributed by atoms with Crippen LogP contribution in [0, 0.1) is 5.92 Å². The molecule has 1 aromatic rings. The normalized spacial score (nSPS) is 17.1. The van der Waals surface area contributed by atoms with E-state index in [0.29, 0.717) is 12.4 Å². The molecule has 0 saturated heterocycles. The summed E-state index contributed by atoms with van der Waals surface area (Å²) in [5.41, 5.74) is 5.11. The third-order valence-corrected chi connectivity index (χ3v) is 3.48. The second-order valence-electron chi connectivity index (χ2n) is 5.00. The van der Waals surface area contributed by atoms with E-state index in [-0.39, 0.29) is 12.5 Å². The van der Waals surface area contributed by atoms with E-state index in [9.17, 15) is 4.79 Å². The first kappa shape index (κ1) is 14.7. The molecule has 0 aromatic heterocycles. The fraction of sp³-hybridized carbons (Fsp3) is 0.533. The molecule has 2 N–H and O–H groups in total. The molecule has 1 unspecified atom stereocenters. The molecule has 0 bridgehead atoms. The molecule has 0 radical (unpaired) electrons. The number of ether oxygens (including phenoxy) is 3. The summed E-state index contributed by atoms with van der Waals surface area (Å²) in [6.07, 6.45) is 1.89. The molecule has 1 atom stereocenters. The van der Waals surface area contributed by atoms with Gasteiger partial charge in [-0.15, -0.1) is 0 Å². The molecule has 0 amide bonds. The lowest BCUT2D eigenvalue weighted by Gasteiger charge is -2.26. The van der Waals surface area contributed by atoms with Crippen molar-refractivity contribution < 1.29 is 19.0 Å². The fourth-order valence-corrected chi connectivity index (χ4v) is 2.13. The molecule has 1 aromatic carbocycles. The number of carbonyl (C=O) groups excluding carboxylic acids is 1. The van der Waals surface area contributed by atoms with Gasteiger partial charge in [0.1, 0.15) is 18.1 Å². The van der Waals surface area contributed by atoms with Crippen LogP contribution >= 0.6 is 0 Å². The topological polar surface area (TPSA) is 70.8 Å². The van der Waals surface area contributed by atoms with Gasteiger partial charge >= 0.3 is 5.97 Å². The Bertz CT molecular complexity index is 455. The van der Waals surface area contributed by atoms with Crippen molar-refractivity contribution in [2.24, 2.45) is 11.7 Å². The van der Waals surface area contributed by atoms with Gasteiger partial charge in [-0.1, -0.05) is 0 Å². The first-order chi connectivity index (χ1) is 9.60. The zero-order valence-electron chi connectivity index (χ0n) is 11.9. The zero-order valence-corrected chi connectivity index (χ0v) is 11.9. The van der Waals surface area contributed by atoms with Gasteiger partial charge in [-0.2, -0.15) is 0 Å². The molecule has 0 heterocycles. The highest BCUT2D eigenvalue weighted by atomic mass is 16.5. The zero-order chi connectivity index (χ0) is 14.6. The first-order valence-corrected chi connectivity index (χ1v) is 6.83. The van der Waals surface area contributed by atoms with Crippen molar-refractivity contribution >= 4 is 5.97 Å². The Labute approximate surface area is 119 Å². The molecule has 1 saturated carbocycles. The van der Waals surface area contributed by atoms with Crippen LogP contribution in [0.3, 0.4) is 0 Å². The molecule has 1 aliphatic carbocycles. The van der Waals surface area contributed by atoms with Crippen LogP contribution in [-0.4, -0.2) is 31.8 Å². The number of benzene rings is 1. The van der Waals surface area contributed by atoms with Gasteiger partial charge in [0.25, 0.3) is 0 Å². The van der Waals surface area contributed by atoms with Crippen LogP contribution in [0.25, 0.3) is 0 Å². The Morgan fingerprint density at radius 1 is 1.25 bits per heavy atom. The lowest BCUT2D eigenvalue weighted by Crippen LogP contribution is -2.55. The van der Waals surface area contributed by atoms with E-state index in [1.54, 1.807) is 12.1 Å². The molecular weight excluding hydrogens is 258 g/mol. The summed E-state index contributed by atoms with van der Waals surface area (Å²) in [6.45, 7) is 2.67. The largest absolute Gasteiger partial charge is 0.494 e. The average molecular weight is 279 g/mol. The van der Waals surface area contributed by atoms with Gasteiger partial charge < -0.3 is 19.9 Å². The van der Waals surface area contributed by atoms with Crippen molar-refractivity contribution in [1.29, 1.82) is 0 Å². The predicted molar refractivity (Wildman–Crippen MR) is 74.8 cm³/mol. The summed E-state index contributed by atoms with van der Waals surface area (Å²) >= 11 is 0. The maximum absolute atomic E-state index is 11.8. The molecule has 5 heteroatoms. The van der Waals surface area contributed by atoms with Crippen molar-refractivity contribution in [2.45, 2.75) is 25.3 Å². The highest BCUT2D eigenvalue weighted by Gasteiger charge is 2.49. The fourth-order valence-electron chi connectivity index (χ4n) is 2.13. The van der Waals surface area contributed by atoms with Crippen LogP contribution in [0.4, 0.5) is 0 Å². The third kappa shape index (κ3) is 3.22.